The van der Waals surface area contributed by atoms with Crippen molar-refractivity contribution in [2.75, 3.05) is 32.1 Å². The van der Waals surface area contributed by atoms with Gasteiger partial charge in [0.05, 0.1) is 11.5 Å². The number of rotatable bonds is 9. The lowest BCUT2D eigenvalue weighted by atomic mass is 10.0. The molecular formula is C22H29N3O4S. The van der Waals surface area contributed by atoms with Gasteiger partial charge < -0.3 is 10.1 Å². The first kappa shape index (κ1) is 22.4. The van der Waals surface area contributed by atoms with Crippen LogP contribution in [0.1, 0.15) is 31.4 Å². The van der Waals surface area contributed by atoms with Crippen LogP contribution >= 0.6 is 0 Å². The second kappa shape index (κ2) is 10.2. The summed E-state index contributed by atoms with van der Waals surface area (Å²) < 4.78 is 32.4. The maximum Gasteiger partial charge on any atom is 0.246 e. The van der Waals surface area contributed by atoms with Gasteiger partial charge in [-0.05, 0) is 62.7 Å². The van der Waals surface area contributed by atoms with Gasteiger partial charge in [0.15, 0.2) is 0 Å². The second-order valence-corrected chi connectivity index (χ2v) is 9.26. The quantitative estimate of drug-likeness (QED) is 0.638. The minimum Gasteiger partial charge on any atom is -0.383 e. The maximum atomic E-state index is 13.1. The Morgan fingerprint density at radius 1 is 1.07 bits per heavy atom. The Hall–Kier alpha value is -2.26. The first-order valence-electron chi connectivity index (χ1n) is 10.1. The Kier molecular flexibility index (Phi) is 7.60. The van der Waals surface area contributed by atoms with Crippen LogP contribution < -0.4 is 10.0 Å². The molecule has 0 radical (unpaired) electrons. The van der Waals surface area contributed by atoms with Crippen LogP contribution in [0.3, 0.4) is 0 Å². The number of carbonyl (C=O) groups is 1. The summed E-state index contributed by atoms with van der Waals surface area (Å²) in [6, 6.07) is 15.2. The van der Waals surface area contributed by atoms with E-state index in [-0.39, 0.29) is 29.5 Å². The van der Waals surface area contributed by atoms with Crippen LogP contribution in [0.4, 0.5) is 5.69 Å². The Bertz CT molecular complexity index is 927. The molecule has 2 aromatic carbocycles. The van der Waals surface area contributed by atoms with Crippen molar-refractivity contribution in [1.82, 2.24) is 9.62 Å². The fourth-order valence-corrected chi connectivity index (χ4v) is 4.94. The number of amides is 1. The molecule has 1 aliphatic rings. The van der Waals surface area contributed by atoms with Gasteiger partial charge >= 0.3 is 0 Å². The third-order valence-corrected chi connectivity index (χ3v) is 6.68. The van der Waals surface area contributed by atoms with Crippen LogP contribution in [0, 0.1) is 0 Å². The first-order chi connectivity index (χ1) is 14.4. The molecule has 3 rings (SSSR count). The third kappa shape index (κ3) is 5.66. The molecule has 1 saturated heterocycles. The second-order valence-electron chi connectivity index (χ2n) is 7.55. The summed E-state index contributed by atoms with van der Waals surface area (Å²) in [4.78, 5) is 15.4. The van der Waals surface area contributed by atoms with Gasteiger partial charge in [0.25, 0.3) is 0 Å². The van der Waals surface area contributed by atoms with Crippen molar-refractivity contribution >= 4 is 21.6 Å². The normalized spacial score (nSPS) is 16.9. The molecule has 0 aliphatic carbocycles. The number of anilines is 1. The standard InChI is InChI=1S/C22H29N3O4S/c1-17(16-29-2)24-30(27,28)20-12-10-19(11-13-20)23-22(26)21(25-14-6-7-15-25)18-8-4-3-5-9-18/h3-5,8-13,17,21,24H,6-7,14-16H2,1-2H3,(H,23,26). The lowest BCUT2D eigenvalue weighted by Gasteiger charge is -2.27. The van der Waals surface area contributed by atoms with Gasteiger partial charge in [0.1, 0.15) is 6.04 Å². The number of benzene rings is 2. The average molecular weight is 432 g/mol. The zero-order valence-corrected chi connectivity index (χ0v) is 18.2. The Balaban J connectivity index is 1.72. The van der Waals surface area contributed by atoms with E-state index in [2.05, 4.69) is 14.9 Å². The zero-order chi connectivity index (χ0) is 21.6. The van der Waals surface area contributed by atoms with E-state index < -0.39 is 10.0 Å². The van der Waals surface area contributed by atoms with Crippen molar-refractivity contribution in [3.8, 4) is 0 Å². The van der Waals surface area contributed by atoms with Gasteiger partial charge in [-0.15, -0.1) is 0 Å². The largest absolute Gasteiger partial charge is 0.383 e. The summed E-state index contributed by atoms with van der Waals surface area (Å²) in [6.07, 6.45) is 2.16. The summed E-state index contributed by atoms with van der Waals surface area (Å²) in [6.45, 7) is 3.79. The minimum atomic E-state index is -3.65. The minimum absolute atomic E-state index is 0.120. The molecule has 1 aliphatic heterocycles. The molecule has 162 valence electrons. The van der Waals surface area contributed by atoms with E-state index in [0.29, 0.717) is 5.69 Å². The van der Waals surface area contributed by atoms with Crippen molar-refractivity contribution in [2.24, 2.45) is 0 Å². The predicted octanol–water partition coefficient (Wildman–Crippen LogP) is 2.78. The van der Waals surface area contributed by atoms with E-state index in [9.17, 15) is 13.2 Å². The topological polar surface area (TPSA) is 87.7 Å². The number of hydrogen-bond acceptors (Lipinski definition) is 5. The summed E-state index contributed by atoms with van der Waals surface area (Å²) in [5.41, 5.74) is 1.51. The Labute approximate surface area is 178 Å². The maximum absolute atomic E-state index is 13.1. The van der Waals surface area contributed by atoms with E-state index in [1.165, 1.54) is 19.2 Å². The number of nitrogens with one attached hydrogen (secondary N) is 2. The highest BCUT2D eigenvalue weighted by atomic mass is 32.2. The van der Waals surface area contributed by atoms with Crippen LogP contribution in [0.5, 0.6) is 0 Å². The van der Waals surface area contributed by atoms with E-state index in [0.717, 1.165) is 31.5 Å². The van der Waals surface area contributed by atoms with E-state index >= 15 is 0 Å². The molecular weight excluding hydrogens is 402 g/mol. The fraction of sp³-hybridized carbons (Fsp3) is 0.409. The molecule has 2 atom stereocenters. The van der Waals surface area contributed by atoms with Gasteiger partial charge in [-0.3, -0.25) is 9.69 Å². The van der Waals surface area contributed by atoms with E-state index in [1.54, 1.807) is 19.1 Å². The molecule has 1 fully saturated rings. The molecule has 1 heterocycles. The molecule has 1 amide bonds. The highest BCUT2D eigenvalue weighted by molar-refractivity contribution is 7.89. The molecule has 0 saturated carbocycles. The lowest BCUT2D eigenvalue weighted by Crippen LogP contribution is -2.36. The molecule has 0 bridgehead atoms. The van der Waals surface area contributed by atoms with E-state index in [1.807, 2.05) is 30.3 Å². The number of nitrogens with zero attached hydrogens (tertiary/aromatic N) is 1. The molecule has 2 N–H and O–H groups in total. The summed E-state index contributed by atoms with van der Waals surface area (Å²) in [7, 11) is -2.13. The molecule has 8 heteroatoms. The number of carbonyl (C=O) groups excluding carboxylic acids is 1. The van der Waals surface area contributed by atoms with Crippen molar-refractivity contribution in [3.05, 3.63) is 60.2 Å². The molecule has 7 nitrogen and oxygen atoms in total. The molecule has 2 aromatic rings. The smallest absolute Gasteiger partial charge is 0.246 e. The van der Waals surface area contributed by atoms with Crippen LogP contribution in [-0.4, -0.2) is 52.1 Å². The molecule has 0 spiro atoms. The monoisotopic (exact) mass is 431 g/mol. The SMILES string of the molecule is COCC(C)NS(=O)(=O)c1ccc(NC(=O)C(c2ccccc2)N2CCCC2)cc1. The Morgan fingerprint density at radius 3 is 2.30 bits per heavy atom. The third-order valence-electron chi connectivity index (χ3n) is 5.07. The highest BCUT2D eigenvalue weighted by Gasteiger charge is 2.29. The van der Waals surface area contributed by atoms with Crippen LogP contribution in [0.2, 0.25) is 0 Å². The highest BCUT2D eigenvalue weighted by Crippen LogP contribution is 2.27. The number of hydrogen-bond donors (Lipinski definition) is 2. The fourth-order valence-electron chi connectivity index (χ4n) is 3.71. The van der Waals surface area contributed by atoms with Gasteiger partial charge in [-0.1, -0.05) is 30.3 Å². The van der Waals surface area contributed by atoms with Gasteiger partial charge in [0, 0.05) is 18.8 Å². The zero-order valence-electron chi connectivity index (χ0n) is 17.4. The Morgan fingerprint density at radius 2 is 1.70 bits per heavy atom. The van der Waals surface area contributed by atoms with Crippen molar-refractivity contribution in [3.63, 3.8) is 0 Å². The lowest BCUT2D eigenvalue weighted by molar-refractivity contribution is -0.121. The van der Waals surface area contributed by atoms with E-state index in [4.69, 9.17) is 4.74 Å². The summed E-state index contributed by atoms with van der Waals surface area (Å²) in [5.74, 6) is -0.120. The molecule has 30 heavy (non-hydrogen) atoms. The molecule has 2 unspecified atom stereocenters. The predicted molar refractivity (Wildman–Crippen MR) is 117 cm³/mol. The van der Waals surface area contributed by atoms with Crippen molar-refractivity contribution < 1.29 is 17.9 Å². The van der Waals surface area contributed by atoms with Crippen molar-refractivity contribution in [1.29, 1.82) is 0 Å². The first-order valence-corrected chi connectivity index (χ1v) is 11.6. The van der Waals surface area contributed by atoms with Crippen LogP contribution in [0.25, 0.3) is 0 Å². The van der Waals surface area contributed by atoms with Crippen LogP contribution in [-0.2, 0) is 19.6 Å². The van der Waals surface area contributed by atoms with Crippen molar-refractivity contribution in [2.45, 2.75) is 36.7 Å². The van der Waals surface area contributed by atoms with Crippen LogP contribution in [0.15, 0.2) is 59.5 Å². The number of methoxy groups -OCH3 is 1. The molecule has 0 aromatic heterocycles. The average Bonchev–Trinajstić information content (AvgIpc) is 3.23. The van der Waals surface area contributed by atoms with Gasteiger partial charge in [-0.2, -0.15) is 0 Å². The van der Waals surface area contributed by atoms with Gasteiger partial charge in [-0.25, -0.2) is 13.1 Å². The van der Waals surface area contributed by atoms with Gasteiger partial charge in [0.2, 0.25) is 15.9 Å². The number of sulfonamides is 1. The summed E-state index contributed by atoms with van der Waals surface area (Å²) >= 11 is 0. The number of ether oxygens (including phenoxy) is 1. The summed E-state index contributed by atoms with van der Waals surface area (Å²) in [5, 5.41) is 2.94. The number of likely N-dealkylation sites (tertiary alicyclic amines) is 1.